The van der Waals surface area contributed by atoms with Crippen molar-refractivity contribution < 1.29 is 17.6 Å². The first kappa shape index (κ1) is 13.3. The van der Waals surface area contributed by atoms with Crippen molar-refractivity contribution in [3.05, 3.63) is 54.0 Å². The first-order valence-electron chi connectivity index (χ1n) is 5.42. The van der Waals surface area contributed by atoms with E-state index in [9.17, 15) is 13.2 Å². The lowest BCUT2D eigenvalue weighted by Crippen LogP contribution is -2.41. The Morgan fingerprint density at radius 1 is 1.16 bits per heavy atom. The first-order valence-corrected chi connectivity index (χ1v) is 6.90. The van der Waals surface area contributed by atoms with Crippen molar-refractivity contribution in [3.63, 3.8) is 0 Å². The monoisotopic (exact) mass is 280 g/mol. The molecule has 1 amide bonds. The predicted octanol–water partition coefficient (Wildman–Crippen LogP) is 1.21. The van der Waals surface area contributed by atoms with E-state index in [4.69, 9.17) is 4.42 Å². The minimum atomic E-state index is -3.77. The lowest BCUT2D eigenvalue weighted by Gasteiger charge is -2.07. The van der Waals surface area contributed by atoms with Gasteiger partial charge in [0.15, 0.2) is 0 Å². The highest BCUT2D eigenvalue weighted by Gasteiger charge is 2.16. The summed E-state index contributed by atoms with van der Waals surface area (Å²) in [4.78, 5) is 13.8. The van der Waals surface area contributed by atoms with Crippen LogP contribution in [0, 0.1) is 6.92 Å². The number of hydrogen-bond donors (Lipinski definition) is 2. The zero-order valence-electron chi connectivity index (χ0n) is 10.1. The van der Waals surface area contributed by atoms with E-state index >= 15 is 0 Å². The highest BCUT2D eigenvalue weighted by molar-refractivity contribution is 7.89. The van der Waals surface area contributed by atoms with Crippen LogP contribution >= 0.6 is 0 Å². The lowest BCUT2D eigenvalue weighted by molar-refractivity contribution is 0.0943. The number of carbonyl (C=O) groups excluding carboxylic acids is 1. The molecule has 0 aliphatic heterocycles. The summed E-state index contributed by atoms with van der Waals surface area (Å²) in [7, 11) is -3.77. The van der Waals surface area contributed by atoms with Crippen LogP contribution in [-0.2, 0) is 10.0 Å². The van der Waals surface area contributed by atoms with Crippen molar-refractivity contribution >= 4 is 15.9 Å². The van der Waals surface area contributed by atoms with E-state index in [0.29, 0.717) is 5.76 Å². The summed E-state index contributed by atoms with van der Waals surface area (Å²) in [5.74, 6) is -0.165. The molecule has 1 aromatic heterocycles. The van der Waals surface area contributed by atoms with Gasteiger partial charge in [-0.15, -0.1) is 4.83 Å². The van der Waals surface area contributed by atoms with Crippen LogP contribution in [0.4, 0.5) is 0 Å². The second-order valence-corrected chi connectivity index (χ2v) is 5.45. The summed E-state index contributed by atoms with van der Waals surface area (Å²) in [5, 5.41) is 0. The quantitative estimate of drug-likeness (QED) is 0.824. The topological polar surface area (TPSA) is 88.4 Å². The Balaban J connectivity index is 2.07. The van der Waals surface area contributed by atoms with Crippen LogP contribution in [0.5, 0.6) is 0 Å². The fourth-order valence-electron chi connectivity index (χ4n) is 1.46. The van der Waals surface area contributed by atoms with E-state index in [1.165, 1.54) is 24.5 Å². The Bertz CT molecular complexity index is 677. The average Bonchev–Trinajstić information content (AvgIpc) is 2.83. The zero-order chi connectivity index (χ0) is 13.9. The number of hydrogen-bond acceptors (Lipinski definition) is 4. The van der Waals surface area contributed by atoms with Crippen LogP contribution in [0.3, 0.4) is 0 Å². The Hall–Kier alpha value is -2.12. The molecule has 0 aliphatic carbocycles. The molecule has 0 saturated carbocycles. The maximum atomic E-state index is 11.8. The molecule has 0 atom stereocenters. The molecule has 0 spiro atoms. The average molecular weight is 280 g/mol. The van der Waals surface area contributed by atoms with E-state index < -0.39 is 15.9 Å². The molecule has 7 heteroatoms. The van der Waals surface area contributed by atoms with Crippen LogP contribution in [0.25, 0.3) is 0 Å². The van der Waals surface area contributed by atoms with Gasteiger partial charge in [-0.3, -0.25) is 10.2 Å². The Labute approximate surface area is 110 Å². The van der Waals surface area contributed by atoms with Crippen LogP contribution in [0.2, 0.25) is 0 Å². The summed E-state index contributed by atoms with van der Waals surface area (Å²) in [5.41, 5.74) is 2.40. The molecule has 2 N–H and O–H groups in total. The molecule has 0 bridgehead atoms. The Morgan fingerprint density at radius 2 is 1.84 bits per heavy atom. The molecule has 100 valence electrons. The highest BCUT2D eigenvalue weighted by Crippen LogP contribution is 2.09. The number of nitrogens with one attached hydrogen (secondary N) is 2. The maximum Gasteiger partial charge on any atom is 0.269 e. The van der Waals surface area contributed by atoms with Crippen molar-refractivity contribution in [3.8, 4) is 0 Å². The normalized spacial score (nSPS) is 11.2. The van der Waals surface area contributed by atoms with E-state index in [1.54, 1.807) is 25.1 Å². The van der Waals surface area contributed by atoms with Crippen LogP contribution in [-0.4, -0.2) is 14.3 Å². The SMILES string of the molecule is Cc1occc1C(=O)NNS(=O)(=O)c1ccccc1. The number of rotatable bonds is 4. The molecule has 0 aliphatic rings. The number of amides is 1. The summed E-state index contributed by atoms with van der Waals surface area (Å²) >= 11 is 0. The fraction of sp³-hybridized carbons (Fsp3) is 0.0833. The molecule has 2 aromatic rings. The van der Waals surface area contributed by atoms with E-state index in [-0.39, 0.29) is 10.5 Å². The molecule has 19 heavy (non-hydrogen) atoms. The molecular formula is C12H12N2O4S. The Morgan fingerprint density at radius 3 is 2.42 bits per heavy atom. The van der Waals surface area contributed by atoms with Crippen LogP contribution in [0.1, 0.15) is 16.1 Å². The maximum absolute atomic E-state index is 11.8. The van der Waals surface area contributed by atoms with Crippen LogP contribution < -0.4 is 10.3 Å². The van der Waals surface area contributed by atoms with Crippen LogP contribution in [0.15, 0.2) is 52.0 Å². The lowest BCUT2D eigenvalue weighted by atomic mass is 10.2. The molecule has 2 rings (SSSR count). The van der Waals surface area contributed by atoms with Crippen molar-refractivity contribution in [1.82, 2.24) is 10.3 Å². The number of furan rings is 1. The van der Waals surface area contributed by atoms with Gasteiger partial charge in [0.25, 0.3) is 15.9 Å². The van der Waals surface area contributed by atoms with E-state index in [1.807, 2.05) is 4.83 Å². The minimum absolute atomic E-state index is 0.0687. The number of hydrazine groups is 1. The second kappa shape index (κ2) is 5.25. The van der Waals surface area contributed by atoms with Gasteiger partial charge in [0, 0.05) is 0 Å². The molecule has 1 aromatic carbocycles. The third kappa shape index (κ3) is 3.01. The van der Waals surface area contributed by atoms with E-state index in [0.717, 1.165) is 0 Å². The number of benzene rings is 1. The summed E-state index contributed by atoms with van der Waals surface area (Å²) in [6.07, 6.45) is 1.36. The van der Waals surface area contributed by atoms with Gasteiger partial charge in [0.05, 0.1) is 16.7 Å². The number of carbonyl (C=O) groups is 1. The highest BCUT2D eigenvalue weighted by atomic mass is 32.2. The van der Waals surface area contributed by atoms with Gasteiger partial charge in [-0.2, -0.15) is 0 Å². The molecule has 6 nitrogen and oxygen atoms in total. The van der Waals surface area contributed by atoms with Gasteiger partial charge in [-0.05, 0) is 25.1 Å². The molecule has 1 heterocycles. The Kier molecular flexibility index (Phi) is 3.68. The first-order chi connectivity index (χ1) is 9.00. The van der Waals surface area contributed by atoms with Crippen molar-refractivity contribution in [1.29, 1.82) is 0 Å². The second-order valence-electron chi connectivity index (χ2n) is 3.76. The minimum Gasteiger partial charge on any atom is -0.469 e. The summed E-state index contributed by atoms with van der Waals surface area (Å²) < 4.78 is 28.6. The van der Waals surface area contributed by atoms with Crippen molar-refractivity contribution in [2.75, 3.05) is 0 Å². The van der Waals surface area contributed by atoms with Gasteiger partial charge in [0.1, 0.15) is 5.76 Å². The molecule has 0 saturated heterocycles. The van der Waals surface area contributed by atoms with Gasteiger partial charge in [0.2, 0.25) is 0 Å². The van der Waals surface area contributed by atoms with Crippen molar-refractivity contribution in [2.45, 2.75) is 11.8 Å². The van der Waals surface area contributed by atoms with Gasteiger partial charge in [-0.25, -0.2) is 8.42 Å². The zero-order valence-corrected chi connectivity index (χ0v) is 10.9. The standard InChI is InChI=1S/C12H12N2O4S/c1-9-11(7-8-18-9)12(15)13-14-19(16,17)10-5-3-2-4-6-10/h2-8,14H,1H3,(H,13,15). The summed E-state index contributed by atoms with van der Waals surface area (Å²) in [6.45, 7) is 1.61. The van der Waals surface area contributed by atoms with Gasteiger partial charge in [-0.1, -0.05) is 18.2 Å². The van der Waals surface area contributed by atoms with E-state index in [2.05, 4.69) is 5.43 Å². The summed E-state index contributed by atoms with van der Waals surface area (Å²) in [6, 6.07) is 9.20. The van der Waals surface area contributed by atoms with Crippen molar-refractivity contribution in [2.24, 2.45) is 0 Å². The molecule has 0 radical (unpaired) electrons. The third-order valence-corrected chi connectivity index (χ3v) is 3.72. The largest absolute Gasteiger partial charge is 0.469 e. The van der Waals surface area contributed by atoms with Gasteiger partial charge < -0.3 is 4.42 Å². The number of sulfonamides is 1. The molecule has 0 unspecified atom stereocenters. The van der Waals surface area contributed by atoms with Gasteiger partial charge >= 0.3 is 0 Å². The fourth-order valence-corrected chi connectivity index (χ4v) is 2.32. The molecule has 0 fully saturated rings. The third-order valence-electron chi connectivity index (χ3n) is 2.46. The molecular weight excluding hydrogens is 268 g/mol. The smallest absolute Gasteiger partial charge is 0.269 e. The predicted molar refractivity (Wildman–Crippen MR) is 67.7 cm³/mol. The number of aryl methyl sites for hydroxylation is 1.